The van der Waals surface area contributed by atoms with E-state index in [0.29, 0.717) is 12.1 Å². The number of hydrogen-bond donors (Lipinski definition) is 1. The van der Waals surface area contributed by atoms with Gasteiger partial charge in [-0.1, -0.05) is 12.1 Å². The molecule has 1 unspecified atom stereocenters. The first-order valence-electron chi connectivity index (χ1n) is 8.31. The summed E-state index contributed by atoms with van der Waals surface area (Å²) in [6.45, 7) is 0. The van der Waals surface area contributed by atoms with Gasteiger partial charge in [-0.05, 0) is 37.8 Å². The number of carbonyl (C=O) groups is 1. The molecule has 1 amide bonds. The molecule has 1 aliphatic heterocycles. The minimum atomic E-state index is -3.07. The maximum Gasteiger partial charge on any atom is 0.272 e. The zero-order valence-electron chi connectivity index (χ0n) is 13.5. The summed E-state index contributed by atoms with van der Waals surface area (Å²) in [6.07, 6.45) is 2.77. The molecule has 0 radical (unpaired) electrons. The molecule has 1 saturated heterocycles. The van der Waals surface area contributed by atoms with Crippen LogP contribution in [0.15, 0.2) is 24.3 Å². The van der Waals surface area contributed by atoms with Crippen molar-refractivity contribution in [3.05, 3.63) is 47.0 Å². The first kappa shape index (κ1) is 16.3. The molecule has 25 heavy (non-hydrogen) atoms. The molecule has 0 bridgehead atoms. The van der Waals surface area contributed by atoms with Crippen molar-refractivity contribution in [3.63, 3.8) is 0 Å². The van der Waals surface area contributed by atoms with Crippen molar-refractivity contribution >= 4 is 15.7 Å². The number of hydrogen-bond acceptors (Lipinski definition) is 4. The number of fused-ring (bicyclic) bond motifs is 1. The van der Waals surface area contributed by atoms with Gasteiger partial charge >= 0.3 is 0 Å². The largest absolute Gasteiger partial charge is 0.347 e. The van der Waals surface area contributed by atoms with E-state index >= 15 is 0 Å². The third kappa shape index (κ3) is 2.95. The molecule has 2 heterocycles. The molecule has 4 rings (SSSR count). The summed E-state index contributed by atoms with van der Waals surface area (Å²) >= 11 is 0. The van der Waals surface area contributed by atoms with Crippen LogP contribution >= 0.6 is 0 Å². The molecule has 1 atom stereocenters. The molecule has 132 valence electrons. The van der Waals surface area contributed by atoms with Crippen LogP contribution < -0.4 is 5.32 Å². The highest BCUT2D eigenvalue weighted by Gasteiger charge is 2.32. The normalized spacial score (nSPS) is 21.2. The molecule has 1 aliphatic carbocycles. The van der Waals surface area contributed by atoms with E-state index in [-0.39, 0.29) is 29.1 Å². The lowest BCUT2D eigenvalue weighted by atomic mass is 10.1. The fourth-order valence-corrected chi connectivity index (χ4v) is 5.28. The summed E-state index contributed by atoms with van der Waals surface area (Å²) in [7, 11) is -3.07. The summed E-state index contributed by atoms with van der Waals surface area (Å²) in [5.74, 6) is -0.710. The third-order valence-corrected chi connectivity index (χ3v) is 6.56. The summed E-state index contributed by atoms with van der Waals surface area (Å²) in [5, 5.41) is 7.13. The quantitative estimate of drug-likeness (QED) is 0.894. The van der Waals surface area contributed by atoms with E-state index in [0.717, 1.165) is 30.5 Å². The van der Waals surface area contributed by atoms with Crippen LogP contribution in [-0.4, -0.2) is 41.7 Å². The Labute approximate surface area is 145 Å². The molecule has 8 heteroatoms. The van der Waals surface area contributed by atoms with Gasteiger partial charge in [0.2, 0.25) is 0 Å². The SMILES string of the molecule is O=C(NC1CCS(=O)(=O)C1)c1nn(-c2ccccc2F)c2c1CCC2. The van der Waals surface area contributed by atoms with Crippen LogP contribution in [0.3, 0.4) is 0 Å². The van der Waals surface area contributed by atoms with Crippen LogP contribution in [0.25, 0.3) is 5.69 Å². The highest BCUT2D eigenvalue weighted by atomic mass is 32.2. The number of rotatable bonds is 3. The van der Waals surface area contributed by atoms with Crippen LogP contribution in [-0.2, 0) is 22.7 Å². The van der Waals surface area contributed by atoms with Crippen LogP contribution in [0.4, 0.5) is 4.39 Å². The average Bonchev–Trinajstić information content (AvgIpc) is 3.23. The van der Waals surface area contributed by atoms with E-state index in [1.54, 1.807) is 18.2 Å². The Hall–Kier alpha value is -2.22. The maximum absolute atomic E-state index is 14.1. The van der Waals surface area contributed by atoms with E-state index in [1.807, 2.05) is 0 Å². The summed E-state index contributed by atoms with van der Waals surface area (Å²) in [5.41, 5.74) is 2.29. The molecule has 1 fully saturated rings. The van der Waals surface area contributed by atoms with Gasteiger partial charge in [0.15, 0.2) is 15.5 Å². The Bertz CT molecular complexity index is 952. The Morgan fingerprint density at radius 2 is 2.08 bits per heavy atom. The lowest BCUT2D eigenvalue weighted by Gasteiger charge is -2.10. The molecule has 0 spiro atoms. The van der Waals surface area contributed by atoms with Crippen molar-refractivity contribution in [2.24, 2.45) is 0 Å². The van der Waals surface area contributed by atoms with E-state index in [2.05, 4.69) is 10.4 Å². The Balaban J connectivity index is 1.66. The number of nitrogens with one attached hydrogen (secondary N) is 1. The minimum absolute atomic E-state index is 0.0328. The first-order valence-corrected chi connectivity index (χ1v) is 10.1. The topological polar surface area (TPSA) is 81.1 Å². The van der Waals surface area contributed by atoms with Gasteiger partial charge in [-0.3, -0.25) is 4.79 Å². The fourth-order valence-electron chi connectivity index (χ4n) is 3.61. The van der Waals surface area contributed by atoms with Crippen molar-refractivity contribution in [1.29, 1.82) is 0 Å². The fraction of sp³-hybridized carbons (Fsp3) is 0.412. The Morgan fingerprint density at radius 3 is 2.80 bits per heavy atom. The first-order chi connectivity index (χ1) is 11.9. The second-order valence-corrected chi connectivity index (χ2v) is 8.79. The standard InChI is InChI=1S/C17H18FN3O3S/c18-13-5-1-2-6-15(13)21-14-7-3-4-12(14)16(20-21)17(22)19-11-8-9-25(23,24)10-11/h1-2,5-6,11H,3-4,7-10H2,(H,19,22). The Kier molecular flexibility index (Phi) is 3.87. The van der Waals surface area contributed by atoms with Gasteiger partial charge in [-0.15, -0.1) is 0 Å². The number of halogens is 1. The van der Waals surface area contributed by atoms with Gasteiger partial charge in [0, 0.05) is 17.3 Å². The van der Waals surface area contributed by atoms with Gasteiger partial charge in [0.1, 0.15) is 11.5 Å². The predicted octanol–water partition coefficient (Wildman–Crippen LogP) is 1.42. The number of sulfone groups is 1. The van der Waals surface area contributed by atoms with E-state index in [9.17, 15) is 17.6 Å². The second kappa shape index (κ2) is 5.94. The van der Waals surface area contributed by atoms with E-state index in [4.69, 9.17) is 0 Å². The Morgan fingerprint density at radius 1 is 1.28 bits per heavy atom. The van der Waals surface area contributed by atoms with Crippen molar-refractivity contribution in [1.82, 2.24) is 15.1 Å². The monoisotopic (exact) mass is 363 g/mol. The van der Waals surface area contributed by atoms with Gasteiger partial charge in [0.25, 0.3) is 5.91 Å². The average molecular weight is 363 g/mol. The number of nitrogens with zero attached hydrogens (tertiary/aromatic N) is 2. The number of amides is 1. The van der Waals surface area contributed by atoms with Crippen molar-refractivity contribution in [2.45, 2.75) is 31.7 Å². The second-order valence-electron chi connectivity index (χ2n) is 6.56. The molecule has 1 aromatic carbocycles. The van der Waals surface area contributed by atoms with E-state index < -0.39 is 15.7 Å². The van der Waals surface area contributed by atoms with Crippen LogP contribution in [0.1, 0.15) is 34.6 Å². The van der Waals surface area contributed by atoms with Crippen LogP contribution in [0.5, 0.6) is 0 Å². The van der Waals surface area contributed by atoms with Gasteiger partial charge in [0.05, 0.1) is 11.5 Å². The van der Waals surface area contributed by atoms with Gasteiger partial charge in [-0.2, -0.15) is 5.10 Å². The highest BCUT2D eigenvalue weighted by Crippen LogP contribution is 2.28. The lowest BCUT2D eigenvalue weighted by Crippen LogP contribution is -2.36. The number of carbonyl (C=O) groups excluding carboxylic acids is 1. The highest BCUT2D eigenvalue weighted by molar-refractivity contribution is 7.91. The number of benzene rings is 1. The number of aromatic nitrogens is 2. The van der Waals surface area contributed by atoms with Crippen molar-refractivity contribution in [3.8, 4) is 5.69 Å². The van der Waals surface area contributed by atoms with Crippen LogP contribution in [0, 0.1) is 5.82 Å². The summed E-state index contributed by atoms with van der Waals surface area (Å²) in [6, 6.07) is 5.95. The smallest absolute Gasteiger partial charge is 0.272 e. The molecule has 6 nitrogen and oxygen atoms in total. The molecule has 1 aromatic heterocycles. The van der Waals surface area contributed by atoms with Crippen molar-refractivity contribution in [2.75, 3.05) is 11.5 Å². The minimum Gasteiger partial charge on any atom is -0.347 e. The third-order valence-electron chi connectivity index (χ3n) is 4.79. The predicted molar refractivity (Wildman–Crippen MR) is 90.1 cm³/mol. The van der Waals surface area contributed by atoms with Gasteiger partial charge < -0.3 is 5.32 Å². The number of para-hydroxylation sites is 1. The molecular weight excluding hydrogens is 345 g/mol. The molecule has 2 aliphatic rings. The molecular formula is C17H18FN3O3S. The zero-order valence-corrected chi connectivity index (χ0v) is 14.4. The zero-order chi connectivity index (χ0) is 17.6. The molecule has 0 saturated carbocycles. The van der Waals surface area contributed by atoms with Crippen molar-refractivity contribution < 1.29 is 17.6 Å². The maximum atomic E-state index is 14.1. The summed E-state index contributed by atoms with van der Waals surface area (Å²) < 4.78 is 38.8. The lowest BCUT2D eigenvalue weighted by molar-refractivity contribution is 0.0934. The molecule has 2 aromatic rings. The van der Waals surface area contributed by atoms with Gasteiger partial charge in [-0.25, -0.2) is 17.5 Å². The molecule has 1 N–H and O–H groups in total. The summed E-state index contributed by atoms with van der Waals surface area (Å²) in [4.78, 5) is 12.6. The van der Waals surface area contributed by atoms with E-state index in [1.165, 1.54) is 10.7 Å². The van der Waals surface area contributed by atoms with Crippen LogP contribution in [0.2, 0.25) is 0 Å².